The predicted molar refractivity (Wildman–Crippen MR) is 80.8 cm³/mol. The number of benzene rings is 1. The number of halogens is 3. The van der Waals surface area contributed by atoms with Crippen molar-refractivity contribution in [2.45, 2.75) is 37.1 Å². The van der Waals surface area contributed by atoms with Crippen molar-refractivity contribution in [2.75, 3.05) is 5.88 Å². The molecule has 0 aliphatic carbocycles. The highest BCUT2D eigenvalue weighted by Gasteiger charge is 2.28. The highest BCUT2D eigenvalue weighted by Crippen LogP contribution is 2.25. The fourth-order valence-corrected chi connectivity index (χ4v) is 4.23. The molecular weight excluding hydrogens is 329 g/mol. The zero-order valence-corrected chi connectivity index (χ0v) is 13.8. The monoisotopic (exact) mass is 343 g/mol. The molecule has 1 aromatic rings. The van der Waals surface area contributed by atoms with Crippen LogP contribution in [0.1, 0.15) is 26.7 Å². The Kier molecular flexibility index (Phi) is 5.96. The molecule has 1 N–H and O–H groups in total. The summed E-state index contributed by atoms with van der Waals surface area (Å²) in [4.78, 5) is 0.0549. The SMILES string of the molecule is CCC(C)(CCCl)NS(=O)(=O)c1cc(Cl)cc(Cl)c1. The van der Waals surface area contributed by atoms with Crippen LogP contribution >= 0.6 is 34.8 Å². The maximum absolute atomic E-state index is 12.3. The molecule has 0 radical (unpaired) electrons. The van der Waals surface area contributed by atoms with E-state index < -0.39 is 15.6 Å². The number of alkyl halides is 1. The number of hydrogen-bond acceptors (Lipinski definition) is 2. The summed E-state index contributed by atoms with van der Waals surface area (Å²) < 4.78 is 27.3. The lowest BCUT2D eigenvalue weighted by Gasteiger charge is -2.28. The minimum Gasteiger partial charge on any atom is -0.207 e. The van der Waals surface area contributed by atoms with E-state index in [9.17, 15) is 8.42 Å². The van der Waals surface area contributed by atoms with E-state index in [-0.39, 0.29) is 14.9 Å². The Morgan fingerprint density at radius 2 is 1.74 bits per heavy atom. The van der Waals surface area contributed by atoms with E-state index >= 15 is 0 Å². The van der Waals surface area contributed by atoms with Gasteiger partial charge in [0.25, 0.3) is 0 Å². The van der Waals surface area contributed by atoms with Gasteiger partial charge in [-0.05, 0) is 38.0 Å². The molecule has 1 aromatic carbocycles. The molecule has 7 heteroatoms. The van der Waals surface area contributed by atoms with E-state index in [1.807, 2.05) is 13.8 Å². The van der Waals surface area contributed by atoms with Gasteiger partial charge in [-0.3, -0.25) is 0 Å². The molecule has 0 aliphatic heterocycles. The predicted octanol–water partition coefficient (Wildman–Crippen LogP) is 4.07. The van der Waals surface area contributed by atoms with Crippen LogP contribution in [0.5, 0.6) is 0 Å². The van der Waals surface area contributed by atoms with Gasteiger partial charge in [-0.1, -0.05) is 30.1 Å². The van der Waals surface area contributed by atoms with Crippen molar-refractivity contribution in [3.05, 3.63) is 28.2 Å². The molecular formula is C12H16Cl3NO2S. The first-order valence-corrected chi connectivity index (χ1v) is 8.56. The van der Waals surface area contributed by atoms with Crippen molar-refractivity contribution >= 4 is 44.8 Å². The summed E-state index contributed by atoms with van der Waals surface area (Å²) in [5.41, 5.74) is -0.588. The molecule has 0 aliphatic rings. The Bertz CT molecular complexity index is 528. The van der Waals surface area contributed by atoms with Gasteiger partial charge in [-0.25, -0.2) is 13.1 Å². The van der Waals surface area contributed by atoms with Crippen LogP contribution in [0.2, 0.25) is 10.0 Å². The molecule has 0 spiro atoms. The Morgan fingerprint density at radius 3 is 2.16 bits per heavy atom. The second-order valence-electron chi connectivity index (χ2n) is 4.56. The largest absolute Gasteiger partial charge is 0.241 e. The van der Waals surface area contributed by atoms with E-state index in [1.165, 1.54) is 18.2 Å². The summed E-state index contributed by atoms with van der Waals surface area (Å²) in [7, 11) is -3.67. The number of rotatable bonds is 6. The van der Waals surface area contributed by atoms with Crippen molar-refractivity contribution in [1.29, 1.82) is 0 Å². The molecule has 19 heavy (non-hydrogen) atoms. The van der Waals surface area contributed by atoms with Gasteiger partial charge < -0.3 is 0 Å². The summed E-state index contributed by atoms with van der Waals surface area (Å²) in [6, 6.07) is 4.22. The molecule has 0 saturated carbocycles. The van der Waals surface area contributed by atoms with E-state index in [4.69, 9.17) is 34.8 Å². The molecule has 0 bridgehead atoms. The van der Waals surface area contributed by atoms with Crippen molar-refractivity contribution < 1.29 is 8.42 Å². The van der Waals surface area contributed by atoms with E-state index in [2.05, 4.69) is 4.72 Å². The Balaban J connectivity index is 3.10. The quantitative estimate of drug-likeness (QED) is 0.791. The van der Waals surface area contributed by atoms with Crippen LogP contribution in [0.15, 0.2) is 23.1 Å². The maximum Gasteiger partial charge on any atom is 0.241 e. The third-order valence-electron chi connectivity index (χ3n) is 2.95. The molecule has 1 unspecified atom stereocenters. The summed E-state index contributed by atoms with van der Waals surface area (Å²) in [6.45, 7) is 3.72. The topological polar surface area (TPSA) is 46.2 Å². The van der Waals surface area contributed by atoms with Crippen LogP contribution in [-0.2, 0) is 10.0 Å². The zero-order chi connectivity index (χ0) is 14.7. The average molecular weight is 345 g/mol. The van der Waals surface area contributed by atoms with Gasteiger partial charge in [-0.15, -0.1) is 11.6 Å². The van der Waals surface area contributed by atoms with Gasteiger partial charge in [0.2, 0.25) is 10.0 Å². The van der Waals surface area contributed by atoms with Gasteiger partial charge in [0.05, 0.1) is 4.90 Å². The van der Waals surface area contributed by atoms with Crippen molar-refractivity contribution in [2.24, 2.45) is 0 Å². The molecule has 1 rings (SSSR count). The minimum absolute atomic E-state index is 0.0549. The second kappa shape index (κ2) is 6.64. The smallest absolute Gasteiger partial charge is 0.207 e. The van der Waals surface area contributed by atoms with Crippen LogP contribution in [0.3, 0.4) is 0 Å². The fraction of sp³-hybridized carbons (Fsp3) is 0.500. The first kappa shape index (κ1) is 17.1. The number of nitrogens with one attached hydrogen (secondary N) is 1. The molecule has 0 aromatic heterocycles. The van der Waals surface area contributed by atoms with E-state index in [1.54, 1.807) is 0 Å². The lowest BCUT2D eigenvalue weighted by atomic mass is 9.97. The third-order valence-corrected chi connectivity index (χ3v) is 5.20. The lowest BCUT2D eigenvalue weighted by molar-refractivity contribution is 0.390. The highest BCUT2D eigenvalue weighted by molar-refractivity contribution is 7.89. The first-order valence-electron chi connectivity index (χ1n) is 5.78. The van der Waals surface area contributed by atoms with Crippen molar-refractivity contribution in [3.8, 4) is 0 Å². The van der Waals surface area contributed by atoms with Crippen LogP contribution in [0.25, 0.3) is 0 Å². The molecule has 0 fully saturated rings. The van der Waals surface area contributed by atoms with Crippen molar-refractivity contribution in [1.82, 2.24) is 4.72 Å². The number of hydrogen-bond donors (Lipinski definition) is 1. The van der Waals surface area contributed by atoms with Gasteiger partial charge >= 0.3 is 0 Å². The Labute approximate surface area is 129 Å². The van der Waals surface area contributed by atoms with Crippen LogP contribution in [0.4, 0.5) is 0 Å². The maximum atomic E-state index is 12.3. The molecule has 0 amide bonds. The minimum atomic E-state index is -3.67. The van der Waals surface area contributed by atoms with Crippen LogP contribution in [0, 0.1) is 0 Å². The summed E-state index contributed by atoms with van der Waals surface area (Å²) >= 11 is 17.4. The molecule has 3 nitrogen and oxygen atoms in total. The Morgan fingerprint density at radius 1 is 1.21 bits per heavy atom. The van der Waals surface area contributed by atoms with Gasteiger partial charge in [0.15, 0.2) is 0 Å². The lowest BCUT2D eigenvalue weighted by Crippen LogP contribution is -2.45. The number of sulfonamides is 1. The highest BCUT2D eigenvalue weighted by atomic mass is 35.5. The third kappa shape index (κ3) is 4.80. The second-order valence-corrected chi connectivity index (χ2v) is 7.50. The molecule has 0 heterocycles. The normalized spacial score (nSPS) is 15.2. The summed E-state index contributed by atoms with van der Waals surface area (Å²) in [5.74, 6) is 0.378. The molecule has 0 saturated heterocycles. The van der Waals surface area contributed by atoms with Gasteiger partial charge in [-0.2, -0.15) is 0 Å². The molecule has 108 valence electrons. The van der Waals surface area contributed by atoms with Crippen molar-refractivity contribution in [3.63, 3.8) is 0 Å². The first-order chi connectivity index (χ1) is 8.72. The van der Waals surface area contributed by atoms with E-state index in [0.717, 1.165) is 0 Å². The van der Waals surface area contributed by atoms with Gasteiger partial charge in [0, 0.05) is 21.5 Å². The molecule has 1 atom stereocenters. The summed E-state index contributed by atoms with van der Waals surface area (Å²) in [5, 5.41) is 0.562. The standard InChI is InChI=1S/C12H16Cl3NO2S/c1-3-12(2,4-5-13)16-19(17,18)11-7-9(14)6-10(15)8-11/h6-8,16H,3-5H2,1-2H3. The van der Waals surface area contributed by atoms with Gasteiger partial charge in [0.1, 0.15) is 0 Å². The zero-order valence-electron chi connectivity index (χ0n) is 10.7. The Hall–Kier alpha value is -0.000000000000000111. The van der Waals surface area contributed by atoms with Crippen LogP contribution in [-0.4, -0.2) is 19.8 Å². The van der Waals surface area contributed by atoms with Crippen LogP contribution < -0.4 is 4.72 Å². The van der Waals surface area contributed by atoms with E-state index in [0.29, 0.717) is 18.7 Å². The average Bonchev–Trinajstić information content (AvgIpc) is 2.27. The fourth-order valence-electron chi connectivity index (χ4n) is 1.58. The summed E-state index contributed by atoms with van der Waals surface area (Å²) in [6.07, 6.45) is 1.17.